The molecule has 4 heteroatoms. The molecule has 3 rings (SSSR count). The Labute approximate surface area is 144 Å². The minimum atomic E-state index is 0.862. The van der Waals surface area contributed by atoms with Gasteiger partial charge in [0.05, 0.1) is 11.3 Å². The fraction of sp³-hybridized carbons (Fsp3) is 0.450. The molecule has 1 fully saturated rings. The highest BCUT2D eigenvalue weighted by Crippen LogP contribution is 2.23. The van der Waals surface area contributed by atoms with Crippen molar-refractivity contribution in [2.45, 2.75) is 46.0 Å². The molecular weight excluding hydrogens is 296 g/mol. The van der Waals surface area contributed by atoms with E-state index >= 15 is 0 Å². The van der Waals surface area contributed by atoms with Gasteiger partial charge in [-0.1, -0.05) is 25.7 Å². The Kier molecular flexibility index (Phi) is 5.43. The third-order valence-corrected chi connectivity index (χ3v) is 4.42. The second kappa shape index (κ2) is 7.92. The first-order valence-corrected chi connectivity index (χ1v) is 8.87. The van der Waals surface area contributed by atoms with E-state index in [1.165, 1.54) is 19.3 Å². The molecule has 0 amide bonds. The molecule has 1 saturated heterocycles. The minimum absolute atomic E-state index is 0.862. The van der Waals surface area contributed by atoms with Gasteiger partial charge in [0.25, 0.3) is 0 Å². The first kappa shape index (κ1) is 16.4. The van der Waals surface area contributed by atoms with Crippen molar-refractivity contribution in [3.8, 4) is 11.8 Å². The molecule has 0 unspecified atom stereocenters. The number of aryl methyl sites for hydroxylation is 2. The fourth-order valence-corrected chi connectivity index (χ4v) is 3.00. The highest BCUT2D eigenvalue weighted by Gasteiger charge is 2.17. The van der Waals surface area contributed by atoms with Crippen molar-refractivity contribution >= 4 is 5.82 Å². The van der Waals surface area contributed by atoms with E-state index in [9.17, 15) is 0 Å². The van der Waals surface area contributed by atoms with Crippen molar-refractivity contribution in [2.24, 2.45) is 0 Å². The number of nitrogens with zero attached hydrogens (tertiary/aromatic N) is 4. The van der Waals surface area contributed by atoms with Crippen LogP contribution in [0.4, 0.5) is 5.82 Å². The van der Waals surface area contributed by atoms with E-state index < -0.39 is 0 Å². The van der Waals surface area contributed by atoms with E-state index in [2.05, 4.69) is 45.5 Å². The van der Waals surface area contributed by atoms with Crippen LogP contribution >= 0.6 is 0 Å². The molecule has 0 saturated carbocycles. The van der Waals surface area contributed by atoms with Gasteiger partial charge in [0.2, 0.25) is 0 Å². The van der Waals surface area contributed by atoms with E-state index in [4.69, 9.17) is 0 Å². The van der Waals surface area contributed by atoms with Crippen LogP contribution < -0.4 is 4.90 Å². The number of anilines is 1. The zero-order chi connectivity index (χ0) is 16.8. The number of pyridine rings is 1. The second-order valence-electron chi connectivity index (χ2n) is 6.06. The lowest BCUT2D eigenvalue weighted by Gasteiger charge is -2.28. The van der Waals surface area contributed by atoms with Crippen LogP contribution in [0.3, 0.4) is 0 Å². The van der Waals surface area contributed by atoms with Crippen LogP contribution in [0.2, 0.25) is 0 Å². The summed E-state index contributed by atoms with van der Waals surface area (Å²) >= 11 is 0. The molecule has 124 valence electrons. The Bertz CT molecular complexity index is 734. The van der Waals surface area contributed by atoms with E-state index in [-0.39, 0.29) is 0 Å². The molecule has 1 aliphatic heterocycles. The zero-order valence-corrected chi connectivity index (χ0v) is 14.5. The maximum atomic E-state index is 4.55. The van der Waals surface area contributed by atoms with Gasteiger partial charge in [-0.2, -0.15) is 0 Å². The molecule has 24 heavy (non-hydrogen) atoms. The van der Waals surface area contributed by atoms with Crippen LogP contribution in [-0.2, 0) is 12.8 Å². The first-order valence-electron chi connectivity index (χ1n) is 8.87. The Morgan fingerprint density at radius 1 is 0.958 bits per heavy atom. The van der Waals surface area contributed by atoms with Crippen molar-refractivity contribution in [3.05, 3.63) is 47.2 Å². The summed E-state index contributed by atoms with van der Waals surface area (Å²) in [5.74, 6) is 7.57. The minimum Gasteiger partial charge on any atom is -0.355 e. The molecule has 0 N–H and O–H groups in total. The van der Waals surface area contributed by atoms with Gasteiger partial charge in [0, 0.05) is 30.5 Å². The lowest BCUT2D eigenvalue weighted by Crippen LogP contribution is -2.31. The average Bonchev–Trinajstić information content (AvgIpc) is 2.67. The summed E-state index contributed by atoms with van der Waals surface area (Å²) in [5, 5.41) is 0. The van der Waals surface area contributed by atoms with Gasteiger partial charge in [-0.05, 0) is 44.2 Å². The van der Waals surface area contributed by atoms with E-state index in [1.54, 1.807) is 6.33 Å². The van der Waals surface area contributed by atoms with Gasteiger partial charge >= 0.3 is 0 Å². The Balaban J connectivity index is 1.94. The summed E-state index contributed by atoms with van der Waals surface area (Å²) < 4.78 is 0. The zero-order valence-electron chi connectivity index (χ0n) is 14.5. The van der Waals surface area contributed by atoms with Crippen LogP contribution in [0.5, 0.6) is 0 Å². The highest BCUT2D eigenvalue weighted by atomic mass is 15.2. The van der Waals surface area contributed by atoms with Crippen LogP contribution in [0, 0.1) is 11.8 Å². The highest BCUT2D eigenvalue weighted by molar-refractivity contribution is 5.59. The second-order valence-corrected chi connectivity index (χ2v) is 6.06. The molecule has 0 radical (unpaired) electrons. The lowest BCUT2D eigenvalue weighted by atomic mass is 10.1. The predicted molar refractivity (Wildman–Crippen MR) is 97.1 cm³/mol. The predicted octanol–water partition coefficient (Wildman–Crippen LogP) is 3.39. The summed E-state index contributed by atoms with van der Waals surface area (Å²) in [7, 11) is 0. The van der Waals surface area contributed by atoms with Crippen LogP contribution in [0.1, 0.15) is 55.6 Å². The first-order chi connectivity index (χ1) is 11.8. The number of aromatic nitrogens is 3. The Hall–Kier alpha value is -2.41. The fourth-order valence-electron chi connectivity index (χ4n) is 3.00. The molecule has 0 spiro atoms. The van der Waals surface area contributed by atoms with E-state index in [0.717, 1.165) is 54.3 Å². The molecule has 0 aliphatic carbocycles. The molecule has 0 bridgehead atoms. The topological polar surface area (TPSA) is 41.9 Å². The number of piperidine rings is 1. The lowest BCUT2D eigenvalue weighted by molar-refractivity contribution is 0.572. The van der Waals surface area contributed by atoms with Crippen molar-refractivity contribution < 1.29 is 0 Å². The van der Waals surface area contributed by atoms with Crippen LogP contribution in [0.15, 0.2) is 24.7 Å². The van der Waals surface area contributed by atoms with Gasteiger partial charge in [0.15, 0.2) is 0 Å². The summed E-state index contributed by atoms with van der Waals surface area (Å²) in [5.41, 5.74) is 4.02. The molecule has 2 aromatic rings. The molecular formula is C20H24N4. The number of rotatable bonds is 3. The van der Waals surface area contributed by atoms with Gasteiger partial charge in [-0.3, -0.25) is 4.98 Å². The van der Waals surface area contributed by atoms with Crippen molar-refractivity contribution in [2.75, 3.05) is 18.0 Å². The summed E-state index contributed by atoms with van der Waals surface area (Å²) in [6.07, 6.45) is 9.08. The molecule has 0 atom stereocenters. The number of hydrogen-bond acceptors (Lipinski definition) is 4. The van der Waals surface area contributed by atoms with Crippen molar-refractivity contribution in [1.29, 1.82) is 0 Å². The molecule has 4 nitrogen and oxygen atoms in total. The maximum Gasteiger partial charge on any atom is 0.148 e. The summed E-state index contributed by atoms with van der Waals surface area (Å²) in [6, 6.07) is 4.08. The Morgan fingerprint density at radius 2 is 1.79 bits per heavy atom. The largest absolute Gasteiger partial charge is 0.355 e. The smallest absolute Gasteiger partial charge is 0.148 e. The summed E-state index contributed by atoms with van der Waals surface area (Å²) in [4.78, 5) is 15.8. The average molecular weight is 320 g/mol. The molecule has 3 heterocycles. The molecule has 2 aromatic heterocycles. The molecule has 0 aromatic carbocycles. The third kappa shape index (κ3) is 3.73. The van der Waals surface area contributed by atoms with Crippen molar-refractivity contribution in [3.63, 3.8) is 0 Å². The van der Waals surface area contributed by atoms with Crippen molar-refractivity contribution in [1.82, 2.24) is 15.0 Å². The van der Waals surface area contributed by atoms with Gasteiger partial charge in [0.1, 0.15) is 12.1 Å². The monoisotopic (exact) mass is 320 g/mol. The molecule has 1 aliphatic rings. The van der Waals surface area contributed by atoms with E-state index in [0.29, 0.717) is 0 Å². The van der Waals surface area contributed by atoms with Gasteiger partial charge in [-0.25, -0.2) is 9.97 Å². The SMILES string of the molecule is CCc1ccc(C#Cc2c(CC)ncnc2N2CCCCC2)cn1. The Morgan fingerprint density at radius 3 is 2.46 bits per heavy atom. The van der Waals surface area contributed by atoms with Crippen LogP contribution in [0.25, 0.3) is 0 Å². The third-order valence-electron chi connectivity index (χ3n) is 4.42. The van der Waals surface area contributed by atoms with Gasteiger partial charge < -0.3 is 4.90 Å². The number of hydrogen-bond donors (Lipinski definition) is 0. The van der Waals surface area contributed by atoms with E-state index in [1.807, 2.05) is 18.3 Å². The quantitative estimate of drug-likeness (QED) is 0.813. The normalized spacial score (nSPS) is 14.2. The standard InChI is InChI=1S/C20H24N4/c1-3-17-10-8-16(14-21-17)9-11-18-19(4-2)22-15-23-20(18)24-12-6-5-7-13-24/h8,10,14-15H,3-7,12-13H2,1-2H3. The maximum absolute atomic E-state index is 4.55. The van der Waals surface area contributed by atoms with Gasteiger partial charge in [-0.15, -0.1) is 0 Å². The van der Waals surface area contributed by atoms with Crippen LogP contribution in [-0.4, -0.2) is 28.0 Å². The summed E-state index contributed by atoms with van der Waals surface area (Å²) in [6.45, 7) is 6.34.